The monoisotopic (exact) mass is 266 g/mol. The van der Waals surface area contributed by atoms with E-state index in [2.05, 4.69) is 17.1 Å². The molecule has 2 rings (SSSR count). The van der Waals surface area contributed by atoms with Gasteiger partial charge < -0.3 is 15.2 Å². The molecule has 19 heavy (non-hydrogen) atoms. The van der Waals surface area contributed by atoms with Gasteiger partial charge in [0, 0.05) is 32.0 Å². The maximum Gasteiger partial charge on any atom is 0.227 e. The summed E-state index contributed by atoms with van der Waals surface area (Å²) in [5.74, 6) is 1.92. The van der Waals surface area contributed by atoms with Gasteiger partial charge in [-0.05, 0) is 25.7 Å². The standard InChI is InChI=1S/C13H22N4O2/c1-9-5-6-17(11(7-9)8-14)13(18)4-3-12-15-10(2)16-19-12/h9,11H,3-8,14H2,1-2H3. The highest BCUT2D eigenvalue weighted by atomic mass is 16.5. The fourth-order valence-electron chi connectivity index (χ4n) is 2.60. The first-order valence-electron chi connectivity index (χ1n) is 6.89. The lowest BCUT2D eigenvalue weighted by Crippen LogP contribution is -2.49. The first-order chi connectivity index (χ1) is 9.10. The van der Waals surface area contributed by atoms with E-state index in [1.165, 1.54) is 0 Å². The third-order valence-electron chi connectivity index (χ3n) is 3.69. The van der Waals surface area contributed by atoms with Crippen LogP contribution in [0.15, 0.2) is 4.52 Å². The molecule has 1 aliphatic rings. The number of nitrogens with zero attached hydrogens (tertiary/aromatic N) is 3. The summed E-state index contributed by atoms with van der Waals surface area (Å²) in [6, 6.07) is 0.181. The third kappa shape index (κ3) is 3.53. The van der Waals surface area contributed by atoms with Crippen molar-refractivity contribution in [2.45, 2.75) is 45.6 Å². The second kappa shape index (κ2) is 6.14. The Morgan fingerprint density at radius 2 is 2.37 bits per heavy atom. The van der Waals surface area contributed by atoms with E-state index in [1.54, 1.807) is 6.92 Å². The van der Waals surface area contributed by atoms with E-state index in [-0.39, 0.29) is 11.9 Å². The van der Waals surface area contributed by atoms with Gasteiger partial charge in [-0.3, -0.25) is 4.79 Å². The van der Waals surface area contributed by atoms with Crippen molar-refractivity contribution in [1.82, 2.24) is 15.0 Å². The van der Waals surface area contributed by atoms with Crippen LogP contribution in [0, 0.1) is 12.8 Å². The minimum Gasteiger partial charge on any atom is -0.339 e. The molecule has 2 heterocycles. The van der Waals surface area contributed by atoms with Crippen molar-refractivity contribution in [3.63, 3.8) is 0 Å². The molecule has 6 heteroatoms. The minimum atomic E-state index is 0.137. The molecule has 0 spiro atoms. The highest BCUT2D eigenvalue weighted by molar-refractivity contribution is 5.76. The number of rotatable bonds is 4. The van der Waals surface area contributed by atoms with Gasteiger partial charge in [-0.2, -0.15) is 4.98 Å². The fraction of sp³-hybridized carbons (Fsp3) is 0.769. The normalized spacial score (nSPS) is 23.6. The van der Waals surface area contributed by atoms with Crippen molar-refractivity contribution in [3.05, 3.63) is 11.7 Å². The minimum absolute atomic E-state index is 0.137. The van der Waals surface area contributed by atoms with Crippen LogP contribution in [0.4, 0.5) is 0 Å². The van der Waals surface area contributed by atoms with Crippen LogP contribution in [0.25, 0.3) is 0 Å². The number of hydrogen-bond donors (Lipinski definition) is 1. The molecule has 0 aromatic carbocycles. The molecule has 106 valence electrons. The van der Waals surface area contributed by atoms with Crippen LogP contribution in [0.1, 0.15) is 37.9 Å². The number of piperidine rings is 1. The lowest BCUT2D eigenvalue weighted by Gasteiger charge is -2.38. The summed E-state index contributed by atoms with van der Waals surface area (Å²) in [5.41, 5.74) is 5.77. The molecule has 0 bridgehead atoms. The van der Waals surface area contributed by atoms with E-state index in [0.29, 0.717) is 37.0 Å². The summed E-state index contributed by atoms with van der Waals surface area (Å²) in [6.45, 7) is 5.33. The topological polar surface area (TPSA) is 85.2 Å². The first kappa shape index (κ1) is 14.0. The number of nitrogens with two attached hydrogens (primary N) is 1. The SMILES string of the molecule is Cc1noc(CCC(=O)N2CCC(C)CC2CN)n1. The zero-order valence-corrected chi connectivity index (χ0v) is 11.6. The van der Waals surface area contributed by atoms with Gasteiger partial charge in [-0.1, -0.05) is 12.1 Å². The Bertz CT molecular complexity index is 432. The Morgan fingerprint density at radius 1 is 1.58 bits per heavy atom. The number of aromatic nitrogens is 2. The summed E-state index contributed by atoms with van der Waals surface area (Å²) in [5, 5.41) is 3.72. The highest BCUT2D eigenvalue weighted by Crippen LogP contribution is 2.22. The first-order valence-corrected chi connectivity index (χ1v) is 6.89. The van der Waals surface area contributed by atoms with Crippen molar-refractivity contribution in [2.24, 2.45) is 11.7 Å². The van der Waals surface area contributed by atoms with E-state index in [4.69, 9.17) is 10.3 Å². The molecule has 1 aliphatic heterocycles. The quantitative estimate of drug-likeness (QED) is 0.875. The van der Waals surface area contributed by atoms with Crippen LogP contribution in [0.2, 0.25) is 0 Å². The van der Waals surface area contributed by atoms with Gasteiger partial charge in [0.2, 0.25) is 11.8 Å². The van der Waals surface area contributed by atoms with Gasteiger partial charge in [0.05, 0.1) is 0 Å². The summed E-state index contributed by atoms with van der Waals surface area (Å²) in [7, 11) is 0. The molecule has 6 nitrogen and oxygen atoms in total. The Kier molecular flexibility index (Phi) is 4.52. The summed E-state index contributed by atoms with van der Waals surface area (Å²) in [4.78, 5) is 18.3. The molecule has 0 saturated carbocycles. The molecular weight excluding hydrogens is 244 g/mol. The maximum absolute atomic E-state index is 12.2. The molecule has 0 aliphatic carbocycles. The smallest absolute Gasteiger partial charge is 0.227 e. The molecule has 1 aromatic heterocycles. The van der Waals surface area contributed by atoms with Gasteiger partial charge in [0.1, 0.15) is 0 Å². The molecule has 1 aromatic rings. The van der Waals surface area contributed by atoms with Gasteiger partial charge in [0.15, 0.2) is 5.82 Å². The van der Waals surface area contributed by atoms with Gasteiger partial charge in [-0.25, -0.2) is 0 Å². The van der Waals surface area contributed by atoms with Crippen LogP contribution < -0.4 is 5.73 Å². The number of carbonyl (C=O) groups is 1. The van der Waals surface area contributed by atoms with Crippen LogP contribution >= 0.6 is 0 Å². The van der Waals surface area contributed by atoms with Crippen molar-refractivity contribution < 1.29 is 9.32 Å². The lowest BCUT2D eigenvalue weighted by molar-refractivity contribution is -0.135. The zero-order valence-electron chi connectivity index (χ0n) is 11.6. The van der Waals surface area contributed by atoms with Crippen molar-refractivity contribution in [2.75, 3.05) is 13.1 Å². The Morgan fingerprint density at radius 3 is 3.00 bits per heavy atom. The van der Waals surface area contributed by atoms with Crippen LogP contribution in [-0.4, -0.2) is 40.1 Å². The average molecular weight is 266 g/mol. The second-order valence-electron chi connectivity index (χ2n) is 5.34. The third-order valence-corrected chi connectivity index (χ3v) is 3.69. The highest BCUT2D eigenvalue weighted by Gasteiger charge is 2.28. The molecule has 2 atom stereocenters. The van der Waals surface area contributed by atoms with E-state index in [1.807, 2.05) is 4.90 Å². The summed E-state index contributed by atoms with van der Waals surface area (Å²) >= 11 is 0. The van der Waals surface area contributed by atoms with E-state index < -0.39 is 0 Å². The summed E-state index contributed by atoms with van der Waals surface area (Å²) < 4.78 is 5.02. The van der Waals surface area contributed by atoms with Gasteiger partial charge in [0.25, 0.3) is 0 Å². The molecule has 1 amide bonds. The predicted octanol–water partition coefficient (Wildman–Crippen LogP) is 0.896. The predicted molar refractivity (Wildman–Crippen MR) is 70.3 cm³/mol. The van der Waals surface area contributed by atoms with Crippen LogP contribution in [-0.2, 0) is 11.2 Å². The number of aryl methyl sites for hydroxylation is 2. The second-order valence-corrected chi connectivity index (χ2v) is 5.34. The van der Waals surface area contributed by atoms with Crippen molar-refractivity contribution in [3.8, 4) is 0 Å². The fourth-order valence-corrected chi connectivity index (χ4v) is 2.60. The number of amides is 1. The molecule has 1 fully saturated rings. The maximum atomic E-state index is 12.2. The van der Waals surface area contributed by atoms with Crippen LogP contribution in [0.3, 0.4) is 0 Å². The number of hydrogen-bond acceptors (Lipinski definition) is 5. The lowest BCUT2D eigenvalue weighted by atomic mass is 9.92. The van der Waals surface area contributed by atoms with E-state index in [9.17, 15) is 4.79 Å². The van der Waals surface area contributed by atoms with Crippen LogP contribution in [0.5, 0.6) is 0 Å². The Balaban J connectivity index is 1.88. The Hall–Kier alpha value is -1.43. The summed E-state index contributed by atoms with van der Waals surface area (Å²) in [6.07, 6.45) is 2.97. The number of likely N-dealkylation sites (tertiary alicyclic amines) is 1. The molecular formula is C13H22N4O2. The van der Waals surface area contributed by atoms with Gasteiger partial charge in [-0.15, -0.1) is 0 Å². The Labute approximate surface area is 113 Å². The number of carbonyl (C=O) groups excluding carboxylic acids is 1. The van der Waals surface area contributed by atoms with E-state index >= 15 is 0 Å². The molecule has 1 saturated heterocycles. The van der Waals surface area contributed by atoms with Crippen molar-refractivity contribution in [1.29, 1.82) is 0 Å². The average Bonchev–Trinajstić information content (AvgIpc) is 2.81. The zero-order chi connectivity index (χ0) is 13.8. The molecule has 2 unspecified atom stereocenters. The largest absolute Gasteiger partial charge is 0.339 e. The molecule has 2 N–H and O–H groups in total. The van der Waals surface area contributed by atoms with Gasteiger partial charge >= 0.3 is 0 Å². The molecule has 0 radical (unpaired) electrons. The van der Waals surface area contributed by atoms with Crippen molar-refractivity contribution >= 4 is 5.91 Å². The van der Waals surface area contributed by atoms with E-state index in [0.717, 1.165) is 19.4 Å².